The quantitative estimate of drug-likeness (QED) is 0.529. The molecule has 3 aromatic rings. The van der Waals surface area contributed by atoms with Gasteiger partial charge in [-0.05, 0) is 55.0 Å². The normalized spacial score (nSPS) is 12.9. The van der Waals surface area contributed by atoms with Crippen molar-refractivity contribution in [2.45, 2.75) is 12.8 Å². The van der Waals surface area contributed by atoms with Gasteiger partial charge in [-0.25, -0.2) is 0 Å². The smallest absolute Gasteiger partial charge is 0.262 e. The van der Waals surface area contributed by atoms with Crippen molar-refractivity contribution in [3.63, 3.8) is 0 Å². The number of ether oxygens (including phenoxy) is 2. The maximum Gasteiger partial charge on any atom is 0.262 e. The molecule has 8 heteroatoms. The van der Waals surface area contributed by atoms with Crippen LogP contribution in [0.5, 0.6) is 11.5 Å². The number of methoxy groups -OCH3 is 1. The zero-order valence-electron chi connectivity index (χ0n) is 18.7. The van der Waals surface area contributed by atoms with Crippen molar-refractivity contribution >= 4 is 34.8 Å². The first kappa shape index (κ1) is 22.8. The molecule has 0 bridgehead atoms. The van der Waals surface area contributed by atoms with Gasteiger partial charge in [0.25, 0.3) is 11.8 Å². The molecule has 0 saturated carbocycles. The second-order valence-corrected chi connectivity index (χ2v) is 7.71. The number of nitrogens with one attached hydrogen (secondary N) is 2. The molecular weight excluding hydrogens is 434 g/mol. The molecule has 0 atom stereocenters. The van der Waals surface area contributed by atoms with Gasteiger partial charge in [0.1, 0.15) is 11.5 Å². The first-order chi connectivity index (χ1) is 16.5. The van der Waals surface area contributed by atoms with Gasteiger partial charge in [0.2, 0.25) is 5.91 Å². The minimum absolute atomic E-state index is 0.0925. The lowest BCUT2D eigenvalue weighted by Gasteiger charge is -2.16. The minimum Gasteiger partial charge on any atom is -0.495 e. The van der Waals surface area contributed by atoms with Crippen LogP contribution in [0.2, 0.25) is 0 Å². The predicted octanol–water partition coefficient (Wildman–Crippen LogP) is 4.09. The predicted molar refractivity (Wildman–Crippen MR) is 130 cm³/mol. The molecule has 0 unspecified atom stereocenters. The van der Waals surface area contributed by atoms with E-state index in [0.29, 0.717) is 41.4 Å². The third-order valence-electron chi connectivity index (χ3n) is 5.36. The summed E-state index contributed by atoms with van der Waals surface area (Å²) in [6.07, 6.45) is 1.39. The Balaban J connectivity index is 1.30. The lowest BCUT2D eigenvalue weighted by molar-refractivity contribution is -0.118. The third-order valence-corrected chi connectivity index (χ3v) is 5.36. The fourth-order valence-electron chi connectivity index (χ4n) is 3.66. The molecule has 34 heavy (non-hydrogen) atoms. The number of amides is 3. The fourth-order valence-corrected chi connectivity index (χ4v) is 3.66. The molecule has 4 rings (SSSR count). The van der Waals surface area contributed by atoms with E-state index in [4.69, 9.17) is 9.47 Å². The van der Waals surface area contributed by atoms with Crippen LogP contribution in [0.3, 0.4) is 0 Å². The van der Waals surface area contributed by atoms with E-state index >= 15 is 0 Å². The van der Waals surface area contributed by atoms with Crippen LogP contribution in [-0.4, -0.2) is 38.0 Å². The van der Waals surface area contributed by atoms with Gasteiger partial charge in [-0.15, -0.1) is 0 Å². The lowest BCUT2D eigenvalue weighted by Crippen LogP contribution is -2.24. The summed E-state index contributed by atoms with van der Waals surface area (Å²) < 4.78 is 10.8. The number of hydrogen-bond acceptors (Lipinski definition) is 5. The Morgan fingerprint density at radius 2 is 1.76 bits per heavy atom. The number of rotatable bonds is 8. The van der Waals surface area contributed by atoms with E-state index in [0.717, 1.165) is 12.1 Å². The van der Waals surface area contributed by atoms with Crippen LogP contribution in [0.4, 0.5) is 17.1 Å². The number of anilines is 3. The summed E-state index contributed by atoms with van der Waals surface area (Å²) in [6, 6.07) is 20.8. The van der Waals surface area contributed by atoms with Crippen LogP contribution in [0, 0.1) is 0 Å². The number of para-hydroxylation sites is 2. The molecule has 1 fully saturated rings. The molecule has 3 aromatic carbocycles. The number of nitrogens with zero attached hydrogens (tertiary/aromatic N) is 1. The average molecular weight is 460 g/mol. The number of benzene rings is 3. The van der Waals surface area contributed by atoms with Gasteiger partial charge in [0.05, 0.1) is 12.8 Å². The second kappa shape index (κ2) is 10.5. The Hall–Kier alpha value is -4.33. The Bertz CT molecular complexity index is 1190. The van der Waals surface area contributed by atoms with Gasteiger partial charge in [-0.1, -0.05) is 18.2 Å². The zero-order valence-corrected chi connectivity index (χ0v) is 18.7. The molecule has 0 spiro atoms. The third kappa shape index (κ3) is 5.53. The molecule has 1 saturated heterocycles. The van der Waals surface area contributed by atoms with Crippen molar-refractivity contribution in [2.75, 3.05) is 35.8 Å². The van der Waals surface area contributed by atoms with Crippen molar-refractivity contribution in [2.24, 2.45) is 0 Å². The molecule has 174 valence electrons. The average Bonchev–Trinajstić information content (AvgIpc) is 3.29. The summed E-state index contributed by atoms with van der Waals surface area (Å²) in [5.74, 6) is 0.541. The maximum absolute atomic E-state index is 12.5. The molecule has 8 nitrogen and oxygen atoms in total. The standard InChI is InChI=1S/C26H25N3O5/c1-33-23-9-3-2-8-22(23)28-26(32)18-11-13-19(14-12-18)27-24(30)17-34-21-7-4-6-20(16-21)29-15-5-10-25(29)31/h2-4,6-9,11-14,16H,5,10,15,17H2,1H3,(H,27,30)(H,28,32). The van der Waals surface area contributed by atoms with Crippen molar-refractivity contribution in [3.8, 4) is 11.5 Å². The van der Waals surface area contributed by atoms with Gasteiger partial charge < -0.3 is 25.0 Å². The van der Waals surface area contributed by atoms with E-state index < -0.39 is 0 Å². The summed E-state index contributed by atoms with van der Waals surface area (Å²) in [4.78, 5) is 38.5. The maximum atomic E-state index is 12.5. The van der Waals surface area contributed by atoms with Crippen molar-refractivity contribution in [1.29, 1.82) is 0 Å². The molecule has 0 aliphatic carbocycles. The Kier molecular flexibility index (Phi) is 7.07. The first-order valence-corrected chi connectivity index (χ1v) is 10.9. The van der Waals surface area contributed by atoms with Crippen LogP contribution >= 0.6 is 0 Å². The molecule has 1 aliphatic rings. The van der Waals surface area contributed by atoms with Crippen LogP contribution < -0.4 is 25.0 Å². The molecule has 1 heterocycles. The van der Waals surface area contributed by atoms with Gasteiger partial charge in [0, 0.05) is 36.0 Å². The van der Waals surface area contributed by atoms with Gasteiger partial charge in [0.15, 0.2) is 6.61 Å². The highest BCUT2D eigenvalue weighted by Gasteiger charge is 2.21. The lowest BCUT2D eigenvalue weighted by atomic mass is 10.2. The minimum atomic E-state index is -0.339. The number of carbonyl (C=O) groups excluding carboxylic acids is 3. The van der Waals surface area contributed by atoms with Crippen molar-refractivity contribution < 1.29 is 23.9 Å². The van der Waals surface area contributed by atoms with Crippen molar-refractivity contribution in [1.82, 2.24) is 0 Å². The topological polar surface area (TPSA) is 97.0 Å². The Morgan fingerprint density at radius 1 is 0.971 bits per heavy atom. The zero-order chi connectivity index (χ0) is 23.9. The van der Waals surface area contributed by atoms with E-state index in [1.807, 2.05) is 12.1 Å². The van der Waals surface area contributed by atoms with E-state index in [-0.39, 0.29) is 24.3 Å². The molecule has 3 amide bonds. The van der Waals surface area contributed by atoms with Gasteiger partial charge in [-0.3, -0.25) is 14.4 Å². The van der Waals surface area contributed by atoms with Crippen LogP contribution in [0.15, 0.2) is 72.8 Å². The van der Waals surface area contributed by atoms with E-state index in [9.17, 15) is 14.4 Å². The van der Waals surface area contributed by atoms with Crippen LogP contribution in [-0.2, 0) is 9.59 Å². The largest absolute Gasteiger partial charge is 0.495 e. The van der Waals surface area contributed by atoms with E-state index in [2.05, 4.69) is 10.6 Å². The van der Waals surface area contributed by atoms with E-state index in [1.165, 1.54) is 7.11 Å². The molecule has 0 radical (unpaired) electrons. The SMILES string of the molecule is COc1ccccc1NC(=O)c1ccc(NC(=O)COc2cccc(N3CCCC3=O)c2)cc1. The number of hydrogen-bond donors (Lipinski definition) is 2. The van der Waals surface area contributed by atoms with Crippen molar-refractivity contribution in [3.05, 3.63) is 78.4 Å². The summed E-state index contributed by atoms with van der Waals surface area (Å²) >= 11 is 0. The van der Waals surface area contributed by atoms with Gasteiger partial charge in [-0.2, -0.15) is 0 Å². The second-order valence-electron chi connectivity index (χ2n) is 7.71. The first-order valence-electron chi connectivity index (χ1n) is 10.9. The number of carbonyl (C=O) groups is 3. The van der Waals surface area contributed by atoms with Gasteiger partial charge >= 0.3 is 0 Å². The summed E-state index contributed by atoms with van der Waals surface area (Å²) in [6.45, 7) is 0.503. The van der Waals surface area contributed by atoms with E-state index in [1.54, 1.807) is 65.6 Å². The summed E-state index contributed by atoms with van der Waals surface area (Å²) in [5.41, 5.74) is 2.32. The Labute approximate surface area is 197 Å². The highest BCUT2D eigenvalue weighted by Crippen LogP contribution is 2.26. The highest BCUT2D eigenvalue weighted by atomic mass is 16.5. The fraction of sp³-hybridized carbons (Fsp3) is 0.192. The Morgan fingerprint density at radius 3 is 2.50 bits per heavy atom. The molecular formula is C26H25N3O5. The molecule has 2 N–H and O–H groups in total. The van der Waals surface area contributed by atoms with Crippen LogP contribution in [0.1, 0.15) is 23.2 Å². The summed E-state index contributed by atoms with van der Waals surface area (Å²) in [5, 5.41) is 5.55. The molecule has 1 aliphatic heterocycles. The molecule has 0 aromatic heterocycles. The monoisotopic (exact) mass is 459 g/mol. The highest BCUT2D eigenvalue weighted by molar-refractivity contribution is 6.05. The van der Waals surface area contributed by atoms with Crippen LogP contribution in [0.25, 0.3) is 0 Å². The summed E-state index contributed by atoms with van der Waals surface area (Å²) in [7, 11) is 1.54.